The van der Waals surface area contributed by atoms with Gasteiger partial charge >= 0.3 is 12.1 Å². The van der Waals surface area contributed by atoms with E-state index in [9.17, 15) is 9.59 Å². The molecule has 0 spiro atoms. The fourth-order valence-corrected chi connectivity index (χ4v) is 0.763. The fourth-order valence-electron chi connectivity index (χ4n) is 0.763. The molecule has 2 N–H and O–H groups in total. The molecule has 14 heavy (non-hydrogen) atoms. The number of aromatic carboxylic acids is 1. The third-order valence-electron chi connectivity index (χ3n) is 1.41. The molecule has 1 amide bonds. The molecule has 0 bridgehead atoms. The molecule has 0 aromatic carbocycles. The predicted octanol–water partition coefficient (Wildman–Crippen LogP) is 0.958. The lowest BCUT2D eigenvalue weighted by Gasteiger charge is -2.02. The maximum atomic E-state index is 10.7. The first-order valence-electron chi connectivity index (χ1n) is 3.68. The second kappa shape index (κ2) is 4.22. The van der Waals surface area contributed by atoms with Crippen molar-refractivity contribution in [2.45, 2.75) is 0 Å². The van der Waals surface area contributed by atoms with Crippen LogP contribution in [0.2, 0.25) is 0 Å². The minimum Gasteiger partial charge on any atom is -0.477 e. The summed E-state index contributed by atoms with van der Waals surface area (Å²) < 4.78 is 4.34. The van der Waals surface area contributed by atoms with Crippen molar-refractivity contribution >= 4 is 17.7 Å². The highest BCUT2D eigenvalue weighted by Gasteiger charge is 2.05. The van der Waals surface area contributed by atoms with E-state index in [0.717, 1.165) is 0 Å². The van der Waals surface area contributed by atoms with Gasteiger partial charge in [0.25, 0.3) is 0 Å². The molecule has 0 radical (unpaired) electrons. The zero-order valence-electron chi connectivity index (χ0n) is 7.35. The van der Waals surface area contributed by atoms with Gasteiger partial charge in [-0.25, -0.2) is 14.6 Å². The van der Waals surface area contributed by atoms with Gasteiger partial charge in [-0.1, -0.05) is 0 Å². The van der Waals surface area contributed by atoms with Crippen molar-refractivity contribution in [3.05, 3.63) is 24.0 Å². The summed E-state index contributed by atoms with van der Waals surface area (Å²) in [6.45, 7) is 0. The van der Waals surface area contributed by atoms with Crippen molar-refractivity contribution in [3.8, 4) is 0 Å². The van der Waals surface area contributed by atoms with E-state index in [1.165, 1.54) is 25.4 Å². The number of aromatic nitrogens is 1. The van der Waals surface area contributed by atoms with Crippen molar-refractivity contribution < 1.29 is 19.4 Å². The Hall–Kier alpha value is -2.11. The molecule has 0 fully saturated rings. The summed E-state index contributed by atoms with van der Waals surface area (Å²) in [5.41, 5.74) is 0.294. The summed E-state index contributed by atoms with van der Waals surface area (Å²) in [6.07, 6.45) is 0.607. The third kappa shape index (κ3) is 2.44. The van der Waals surface area contributed by atoms with Crippen LogP contribution in [0.3, 0.4) is 0 Å². The van der Waals surface area contributed by atoms with Crippen LogP contribution in [0.25, 0.3) is 0 Å². The molecule has 1 rings (SSSR count). The average Bonchev–Trinajstić information content (AvgIpc) is 2.18. The van der Waals surface area contributed by atoms with Crippen molar-refractivity contribution in [2.75, 3.05) is 12.4 Å². The summed E-state index contributed by atoms with van der Waals surface area (Å²) in [4.78, 5) is 24.7. The lowest BCUT2D eigenvalue weighted by molar-refractivity contribution is 0.0690. The van der Waals surface area contributed by atoms with Crippen molar-refractivity contribution in [3.63, 3.8) is 0 Å². The van der Waals surface area contributed by atoms with Gasteiger partial charge in [0.05, 0.1) is 19.0 Å². The summed E-state index contributed by atoms with van der Waals surface area (Å²) in [7, 11) is 1.23. The Labute approximate surface area is 79.5 Å². The number of carbonyl (C=O) groups is 2. The van der Waals surface area contributed by atoms with E-state index in [1.807, 2.05) is 0 Å². The lowest BCUT2D eigenvalue weighted by atomic mass is 10.3. The van der Waals surface area contributed by atoms with Crippen LogP contribution in [-0.2, 0) is 4.74 Å². The highest BCUT2D eigenvalue weighted by atomic mass is 16.5. The van der Waals surface area contributed by atoms with Gasteiger partial charge in [0.15, 0.2) is 0 Å². The molecule has 1 heterocycles. The first kappa shape index (κ1) is 9.97. The molecule has 1 aromatic heterocycles. The van der Waals surface area contributed by atoms with E-state index in [2.05, 4.69) is 15.0 Å². The smallest absolute Gasteiger partial charge is 0.411 e. The zero-order valence-corrected chi connectivity index (χ0v) is 7.35. The number of nitrogens with zero attached hydrogens (tertiary/aromatic N) is 1. The predicted molar refractivity (Wildman–Crippen MR) is 47.2 cm³/mol. The third-order valence-corrected chi connectivity index (χ3v) is 1.41. The maximum Gasteiger partial charge on any atom is 0.411 e. The van der Waals surface area contributed by atoms with Crippen LogP contribution in [0.4, 0.5) is 10.5 Å². The van der Waals surface area contributed by atoms with Gasteiger partial charge in [-0.15, -0.1) is 0 Å². The van der Waals surface area contributed by atoms with Crippen LogP contribution in [0.15, 0.2) is 18.3 Å². The van der Waals surface area contributed by atoms with Gasteiger partial charge in [0.1, 0.15) is 5.69 Å². The highest BCUT2D eigenvalue weighted by molar-refractivity contribution is 5.87. The standard InChI is InChI=1S/C8H8N2O4/c1-14-8(13)10-5-2-3-6(7(11)12)9-4-5/h2-4H,1H3,(H,10,13)(H,11,12). The number of hydrogen-bond acceptors (Lipinski definition) is 4. The van der Waals surface area contributed by atoms with Crippen LogP contribution >= 0.6 is 0 Å². The Bertz CT molecular complexity index is 347. The number of carbonyl (C=O) groups excluding carboxylic acids is 1. The van der Waals surface area contributed by atoms with E-state index in [-0.39, 0.29) is 5.69 Å². The molecular formula is C8H8N2O4. The molecule has 6 heteroatoms. The number of carboxylic acid groups (broad SMARTS) is 1. The van der Waals surface area contributed by atoms with Crippen LogP contribution in [0.5, 0.6) is 0 Å². The molecule has 0 aliphatic rings. The molecule has 0 atom stereocenters. The Morgan fingerprint density at radius 3 is 2.64 bits per heavy atom. The molecule has 74 valence electrons. The number of amides is 1. The maximum absolute atomic E-state index is 10.7. The number of nitrogens with one attached hydrogen (secondary N) is 1. The van der Waals surface area contributed by atoms with Gasteiger partial charge in [0.2, 0.25) is 0 Å². The first-order valence-corrected chi connectivity index (χ1v) is 3.68. The minimum atomic E-state index is -1.12. The minimum absolute atomic E-state index is 0.0829. The van der Waals surface area contributed by atoms with Gasteiger partial charge in [-0.2, -0.15) is 0 Å². The van der Waals surface area contributed by atoms with E-state index in [4.69, 9.17) is 5.11 Å². The van der Waals surface area contributed by atoms with Crippen LogP contribution in [0, 0.1) is 0 Å². The Kier molecular flexibility index (Phi) is 3.01. The number of pyridine rings is 1. The van der Waals surface area contributed by atoms with Gasteiger partial charge < -0.3 is 9.84 Å². The molecule has 0 saturated carbocycles. The lowest BCUT2D eigenvalue weighted by Crippen LogP contribution is -2.11. The van der Waals surface area contributed by atoms with Gasteiger partial charge in [-0.05, 0) is 12.1 Å². The van der Waals surface area contributed by atoms with Crippen molar-refractivity contribution in [2.24, 2.45) is 0 Å². The molecule has 0 saturated heterocycles. The zero-order chi connectivity index (χ0) is 10.6. The van der Waals surface area contributed by atoms with Crippen LogP contribution in [0.1, 0.15) is 10.5 Å². The number of rotatable bonds is 2. The number of anilines is 1. The fraction of sp³-hybridized carbons (Fsp3) is 0.125. The normalized spacial score (nSPS) is 9.21. The number of hydrogen-bond donors (Lipinski definition) is 2. The second-order valence-electron chi connectivity index (χ2n) is 2.35. The van der Waals surface area contributed by atoms with Crippen LogP contribution in [-0.4, -0.2) is 29.3 Å². The molecule has 0 unspecified atom stereocenters. The van der Waals surface area contributed by atoms with E-state index in [0.29, 0.717) is 5.69 Å². The van der Waals surface area contributed by atoms with Crippen molar-refractivity contribution in [1.29, 1.82) is 0 Å². The summed E-state index contributed by atoms with van der Waals surface area (Å²) in [5, 5.41) is 10.9. The van der Waals surface area contributed by atoms with E-state index < -0.39 is 12.1 Å². The molecule has 6 nitrogen and oxygen atoms in total. The summed E-state index contributed by atoms with van der Waals surface area (Å²) in [6, 6.07) is 2.71. The molecule has 1 aromatic rings. The second-order valence-corrected chi connectivity index (χ2v) is 2.35. The van der Waals surface area contributed by atoms with Crippen LogP contribution < -0.4 is 5.32 Å². The Balaban J connectivity index is 2.73. The van der Waals surface area contributed by atoms with E-state index in [1.54, 1.807) is 0 Å². The quantitative estimate of drug-likeness (QED) is 0.735. The molecular weight excluding hydrogens is 188 g/mol. The SMILES string of the molecule is COC(=O)Nc1ccc(C(=O)O)nc1. The molecule has 0 aliphatic heterocycles. The average molecular weight is 196 g/mol. The molecule has 0 aliphatic carbocycles. The Morgan fingerprint density at radius 2 is 2.21 bits per heavy atom. The highest BCUT2D eigenvalue weighted by Crippen LogP contribution is 2.06. The van der Waals surface area contributed by atoms with Gasteiger partial charge in [0, 0.05) is 0 Å². The van der Waals surface area contributed by atoms with E-state index >= 15 is 0 Å². The largest absolute Gasteiger partial charge is 0.477 e. The number of carboxylic acids is 1. The Morgan fingerprint density at radius 1 is 1.50 bits per heavy atom. The van der Waals surface area contributed by atoms with Gasteiger partial charge in [-0.3, -0.25) is 5.32 Å². The first-order chi connectivity index (χ1) is 6.63. The monoisotopic (exact) mass is 196 g/mol. The summed E-state index contributed by atoms with van der Waals surface area (Å²) >= 11 is 0. The topological polar surface area (TPSA) is 88.5 Å². The number of ether oxygens (including phenoxy) is 1. The van der Waals surface area contributed by atoms with Crippen molar-refractivity contribution in [1.82, 2.24) is 4.98 Å². The number of methoxy groups -OCH3 is 1. The summed E-state index contributed by atoms with van der Waals surface area (Å²) in [5.74, 6) is -1.12.